The summed E-state index contributed by atoms with van der Waals surface area (Å²) in [6.07, 6.45) is 3.68. The normalized spacial score (nSPS) is 14.5. The van der Waals surface area contributed by atoms with E-state index in [1.165, 1.54) is 5.56 Å². The Morgan fingerprint density at radius 3 is 2.50 bits per heavy atom. The van der Waals surface area contributed by atoms with Gasteiger partial charge in [-0.15, -0.1) is 0 Å². The maximum absolute atomic E-state index is 5.97. The molecule has 2 unspecified atom stereocenters. The summed E-state index contributed by atoms with van der Waals surface area (Å²) >= 11 is 5.94. The fourth-order valence-corrected chi connectivity index (χ4v) is 2.56. The Bertz CT molecular complexity index is 549. The topological polar surface area (TPSA) is 47.1 Å². The maximum atomic E-state index is 5.97. The van der Waals surface area contributed by atoms with Gasteiger partial charge in [0.25, 0.3) is 0 Å². The molecule has 0 spiro atoms. The first-order chi connectivity index (χ1) is 9.54. The minimum atomic E-state index is 0.133. The molecular formula is C15H21ClN4. The van der Waals surface area contributed by atoms with Gasteiger partial charge in [-0.25, -0.2) is 4.98 Å². The monoisotopic (exact) mass is 292 g/mol. The van der Waals surface area contributed by atoms with Crippen molar-refractivity contribution in [3.8, 4) is 0 Å². The lowest BCUT2D eigenvalue weighted by Crippen LogP contribution is -2.33. The van der Waals surface area contributed by atoms with E-state index in [9.17, 15) is 0 Å². The summed E-state index contributed by atoms with van der Waals surface area (Å²) in [6.45, 7) is 2.72. The van der Waals surface area contributed by atoms with E-state index in [4.69, 9.17) is 17.3 Å². The van der Waals surface area contributed by atoms with Crippen molar-refractivity contribution in [3.63, 3.8) is 0 Å². The third kappa shape index (κ3) is 3.03. The Morgan fingerprint density at radius 1 is 1.35 bits per heavy atom. The average Bonchev–Trinajstić information content (AvgIpc) is 2.86. The number of aromatic nitrogens is 2. The van der Waals surface area contributed by atoms with Gasteiger partial charge in [0, 0.05) is 30.9 Å². The second-order valence-corrected chi connectivity index (χ2v) is 5.51. The molecule has 0 aliphatic rings. The predicted molar refractivity (Wildman–Crippen MR) is 82.6 cm³/mol. The van der Waals surface area contributed by atoms with E-state index < -0.39 is 0 Å². The second kappa shape index (κ2) is 6.39. The number of benzene rings is 1. The Hall–Kier alpha value is -1.36. The van der Waals surface area contributed by atoms with E-state index in [1.54, 1.807) is 6.33 Å². The molecular weight excluding hydrogens is 272 g/mol. The molecule has 2 N–H and O–H groups in total. The van der Waals surface area contributed by atoms with Gasteiger partial charge < -0.3 is 10.3 Å². The largest absolute Gasteiger partial charge is 0.336 e. The van der Waals surface area contributed by atoms with Crippen molar-refractivity contribution < 1.29 is 0 Å². The Balaban J connectivity index is 2.22. The summed E-state index contributed by atoms with van der Waals surface area (Å²) in [7, 11) is 4.08. The van der Waals surface area contributed by atoms with Gasteiger partial charge in [-0.1, -0.05) is 23.7 Å². The number of imidazole rings is 1. The van der Waals surface area contributed by atoms with Crippen LogP contribution >= 0.6 is 11.6 Å². The summed E-state index contributed by atoms with van der Waals surface area (Å²) < 4.78 is 2.02. The summed E-state index contributed by atoms with van der Waals surface area (Å²) in [5, 5.41) is 0.755. The van der Waals surface area contributed by atoms with E-state index in [-0.39, 0.29) is 12.1 Å². The highest BCUT2D eigenvalue weighted by Crippen LogP contribution is 2.28. The van der Waals surface area contributed by atoms with Gasteiger partial charge in [0.1, 0.15) is 0 Å². The zero-order valence-electron chi connectivity index (χ0n) is 12.1. The predicted octanol–water partition coefficient (Wildman–Crippen LogP) is 2.77. The molecule has 5 heteroatoms. The number of hydrogen-bond acceptors (Lipinski definition) is 3. The number of nitrogens with two attached hydrogens (primary N) is 1. The van der Waals surface area contributed by atoms with E-state index in [0.717, 1.165) is 10.7 Å². The fraction of sp³-hybridized carbons (Fsp3) is 0.400. The number of rotatable bonds is 5. The SMILES string of the molecule is CC(c1ccc(Cl)cc1)N(C)C(CN)c1cncn1C. The third-order valence-corrected chi connectivity index (χ3v) is 4.13. The van der Waals surface area contributed by atoms with Crippen LogP contribution in [0.1, 0.15) is 30.3 Å². The van der Waals surface area contributed by atoms with E-state index in [0.29, 0.717) is 6.54 Å². The lowest BCUT2D eigenvalue weighted by molar-refractivity contribution is 0.184. The summed E-state index contributed by atoms with van der Waals surface area (Å²) in [5.74, 6) is 0. The van der Waals surface area contributed by atoms with Gasteiger partial charge in [-0.05, 0) is 31.7 Å². The van der Waals surface area contributed by atoms with Crippen LogP contribution in [0, 0.1) is 0 Å². The van der Waals surface area contributed by atoms with Crippen molar-refractivity contribution in [1.82, 2.24) is 14.5 Å². The minimum Gasteiger partial charge on any atom is -0.336 e. The van der Waals surface area contributed by atoms with Crippen molar-refractivity contribution in [2.75, 3.05) is 13.6 Å². The molecule has 1 heterocycles. The van der Waals surface area contributed by atoms with Crippen LogP contribution in [0.3, 0.4) is 0 Å². The minimum absolute atomic E-state index is 0.133. The molecule has 4 nitrogen and oxygen atoms in total. The van der Waals surface area contributed by atoms with E-state index in [1.807, 2.05) is 29.9 Å². The molecule has 0 amide bonds. The number of aryl methyl sites for hydroxylation is 1. The molecule has 20 heavy (non-hydrogen) atoms. The van der Waals surface area contributed by atoms with Crippen LogP contribution in [-0.2, 0) is 7.05 Å². The first-order valence-electron chi connectivity index (χ1n) is 6.68. The van der Waals surface area contributed by atoms with Crippen LogP contribution in [0.15, 0.2) is 36.8 Å². The van der Waals surface area contributed by atoms with Crippen LogP contribution in [0.5, 0.6) is 0 Å². The second-order valence-electron chi connectivity index (χ2n) is 5.07. The molecule has 1 aromatic carbocycles. The van der Waals surface area contributed by atoms with Crippen LogP contribution < -0.4 is 5.73 Å². The molecule has 0 fully saturated rings. The molecule has 1 aromatic heterocycles. The Morgan fingerprint density at radius 2 is 2.00 bits per heavy atom. The summed E-state index contributed by atoms with van der Waals surface area (Å²) in [5.41, 5.74) is 8.31. The Labute approximate surface area is 125 Å². The van der Waals surface area contributed by atoms with Gasteiger partial charge in [-0.3, -0.25) is 4.90 Å². The first kappa shape index (κ1) is 15.0. The van der Waals surface area contributed by atoms with E-state index in [2.05, 4.69) is 36.0 Å². The molecule has 0 saturated heterocycles. The molecule has 108 valence electrons. The number of halogens is 1. The van der Waals surface area contributed by atoms with Gasteiger partial charge in [0.05, 0.1) is 18.1 Å². The molecule has 0 aliphatic carbocycles. The average molecular weight is 293 g/mol. The van der Waals surface area contributed by atoms with Crippen molar-refractivity contribution in [3.05, 3.63) is 53.1 Å². The summed E-state index contributed by atoms with van der Waals surface area (Å²) in [4.78, 5) is 6.44. The van der Waals surface area contributed by atoms with Crippen LogP contribution in [0.4, 0.5) is 0 Å². The lowest BCUT2D eigenvalue weighted by atomic mass is 10.0. The quantitative estimate of drug-likeness (QED) is 0.922. The number of nitrogens with zero attached hydrogens (tertiary/aromatic N) is 3. The molecule has 0 radical (unpaired) electrons. The Kier molecular flexibility index (Phi) is 4.81. The smallest absolute Gasteiger partial charge is 0.0946 e. The van der Waals surface area contributed by atoms with Gasteiger partial charge in [0.2, 0.25) is 0 Å². The maximum Gasteiger partial charge on any atom is 0.0946 e. The molecule has 0 aliphatic heterocycles. The lowest BCUT2D eigenvalue weighted by Gasteiger charge is -2.32. The molecule has 2 rings (SSSR count). The number of likely N-dealkylation sites (N-methyl/N-ethyl adjacent to an activating group) is 1. The summed E-state index contributed by atoms with van der Waals surface area (Å²) in [6, 6.07) is 8.33. The van der Waals surface area contributed by atoms with Crippen molar-refractivity contribution in [2.45, 2.75) is 19.0 Å². The molecule has 2 aromatic rings. The highest BCUT2D eigenvalue weighted by atomic mass is 35.5. The highest BCUT2D eigenvalue weighted by molar-refractivity contribution is 6.30. The zero-order valence-corrected chi connectivity index (χ0v) is 12.9. The standard InChI is InChI=1S/C15H21ClN4/c1-11(12-4-6-13(16)7-5-12)20(3)14(8-17)15-9-18-10-19(15)2/h4-7,9-11,14H,8,17H2,1-3H3. The molecule has 0 bridgehead atoms. The third-order valence-electron chi connectivity index (χ3n) is 3.87. The first-order valence-corrected chi connectivity index (χ1v) is 7.06. The van der Waals surface area contributed by atoms with Crippen LogP contribution in [-0.4, -0.2) is 28.0 Å². The van der Waals surface area contributed by atoms with E-state index >= 15 is 0 Å². The molecule has 0 saturated carbocycles. The van der Waals surface area contributed by atoms with Crippen molar-refractivity contribution >= 4 is 11.6 Å². The molecule has 2 atom stereocenters. The van der Waals surface area contributed by atoms with Crippen LogP contribution in [0.2, 0.25) is 5.02 Å². The zero-order chi connectivity index (χ0) is 14.7. The van der Waals surface area contributed by atoms with Gasteiger partial charge in [0.15, 0.2) is 0 Å². The highest BCUT2D eigenvalue weighted by Gasteiger charge is 2.23. The fourth-order valence-electron chi connectivity index (χ4n) is 2.43. The van der Waals surface area contributed by atoms with Gasteiger partial charge >= 0.3 is 0 Å². The van der Waals surface area contributed by atoms with Gasteiger partial charge in [-0.2, -0.15) is 0 Å². The van der Waals surface area contributed by atoms with Crippen LogP contribution in [0.25, 0.3) is 0 Å². The number of hydrogen-bond donors (Lipinski definition) is 1. The van der Waals surface area contributed by atoms with Crippen molar-refractivity contribution in [2.24, 2.45) is 12.8 Å². The van der Waals surface area contributed by atoms with Crippen molar-refractivity contribution in [1.29, 1.82) is 0 Å².